The standard InChI is InChI=1S/C19H25IO7/c1-7-19(6,20)16(22)25-9-12(21)26-11-8-10-13(17(2,3)23)14(15(11)27-10)18(4,5)24/h8,23-24H,7,9H2,1-6H3. The van der Waals surface area contributed by atoms with Crippen molar-refractivity contribution in [3.05, 3.63) is 17.2 Å². The van der Waals surface area contributed by atoms with Crippen molar-refractivity contribution in [3.63, 3.8) is 0 Å². The first kappa shape index (κ1) is 21.9. The zero-order chi connectivity index (χ0) is 20.8. The molecular weight excluding hydrogens is 467 g/mol. The van der Waals surface area contributed by atoms with Gasteiger partial charge in [0.2, 0.25) is 0 Å². The molecule has 2 aromatic heterocycles. The Balaban J connectivity index is 2.22. The molecule has 0 saturated carbocycles. The minimum atomic E-state index is -1.32. The van der Waals surface area contributed by atoms with Crippen molar-refractivity contribution in [2.24, 2.45) is 0 Å². The molecule has 27 heavy (non-hydrogen) atoms. The molecule has 0 saturated heterocycles. The number of carbonyl (C=O) groups is 2. The SMILES string of the molecule is CCC(C)(I)C(=O)OCC(=O)Oc1cc2oc1c(C(C)(C)O)c2C(C)(C)O. The number of hydrogen-bond donors (Lipinski definition) is 2. The number of carbonyl (C=O) groups excluding carboxylic acids is 2. The molecular formula is C19H25IO7. The molecule has 1 atom stereocenters. The van der Waals surface area contributed by atoms with E-state index in [0.717, 1.165) is 0 Å². The average Bonchev–Trinajstić information content (AvgIpc) is 3.09. The molecule has 2 rings (SSSR count). The van der Waals surface area contributed by atoms with Crippen LogP contribution in [0.1, 0.15) is 59.1 Å². The number of fused-ring (bicyclic) bond motifs is 2. The van der Waals surface area contributed by atoms with Gasteiger partial charge in [0.05, 0.1) is 11.2 Å². The maximum absolute atomic E-state index is 12.1. The van der Waals surface area contributed by atoms with E-state index in [9.17, 15) is 19.8 Å². The van der Waals surface area contributed by atoms with Crippen LogP contribution in [0.25, 0.3) is 11.2 Å². The smallest absolute Gasteiger partial charge is 0.349 e. The lowest BCUT2D eigenvalue weighted by molar-refractivity contribution is -0.154. The van der Waals surface area contributed by atoms with E-state index in [1.807, 2.05) is 29.5 Å². The van der Waals surface area contributed by atoms with Crippen LogP contribution in [0.4, 0.5) is 0 Å². The van der Waals surface area contributed by atoms with Gasteiger partial charge in [0, 0.05) is 17.2 Å². The van der Waals surface area contributed by atoms with Crippen molar-refractivity contribution in [2.45, 2.75) is 62.6 Å². The van der Waals surface area contributed by atoms with Crippen molar-refractivity contribution in [3.8, 4) is 5.75 Å². The van der Waals surface area contributed by atoms with Crippen molar-refractivity contribution >= 4 is 45.7 Å². The number of benzene rings is 1. The lowest BCUT2D eigenvalue weighted by atomic mass is 9.85. The number of hydrogen-bond acceptors (Lipinski definition) is 7. The molecule has 2 N–H and O–H groups in total. The zero-order valence-corrected chi connectivity index (χ0v) is 18.5. The molecule has 0 radical (unpaired) electrons. The van der Waals surface area contributed by atoms with E-state index >= 15 is 0 Å². The molecule has 0 aliphatic heterocycles. The van der Waals surface area contributed by atoms with Crippen LogP contribution < -0.4 is 4.74 Å². The Bertz CT molecular complexity index is 836. The molecule has 0 amide bonds. The molecule has 0 aromatic carbocycles. The molecule has 2 bridgehead atoms. The summed E-state index contributed by atoms with van der Waals surface area (Å²) in [5.74, 6) is -1.14. The topological polar surface area (TPSA) is 106 Å². The number of rotatable bonds is 7. The Morgan fingerprint density at radius 2 is 1.67 bits per heavy atom. The van der Waals surface area contributed by atoms with Crippen LogP contribution in [0.3, 0.4) is 0 Å². The average molecular weight is 492 g/mol. The fraction of sp³-hybridized carbons (Fsp3) is 0.579. The molecule has 0 aliphatic rings. The van der Waals surface area contributed by atoms with Gasteiger partial charge in [0.15, 0.2) is 17.9 Å². The van der Waals surface area contributed by atoms with Gasteiger partial charge < -0.3 is 24.1 Å². The van der Waals surface area contributed by atoms with Crippen LogP contribution in [-0.4, -0.2) is 32.2 Å². The number of furan rings is 2. The van der Waals surface area contributed by atoms with E-state index in [-0.39, 0.29) is 11.3 Å². The van der Waals surface area contributed by atoms with Gasteiger partial charge in [0.1, 0.15) is 9.00 Å². The second-order valence-corrected chi connectivity index (χ2v) is 10.2. The maximum atomic E-state index is 12.1. The zero-order valence-electron chi connectivity index (χ0n) is 16.3. The summed E-state index contributed by atoms with van der Waals surface area (Å²) in [7, 11) is 0. The summed E-state index contributed by atoms with van der Waals surface area (Å²) in [6, 6.07) is 1.48. The summed E-state index contributed by atoms with van der Waals surface area (Å²) in [6.45, 7) is 9.31. The third-order valence-electron chi connectivity index (χ3n) is 4.28. The minimum absolute atomic E-state index is 0.115. The first-order valence-electron chi connectivity index (χ1n) is 8.60. The highest BCUT2D eigenvalue weighted by Gasteiger charge is 2.38. The van der Waals surface area contributed by atoms with Crippen LogP contribution >= 0.6 is 22.6 Å². The highest BCUT2D eigenvalue weighted by molar-refractivity contribution is 14.1. The number of aliphatic hydroxyl groups is 2. The molecule has 0 fully saturated rings. The van der Waals surface area contributed by atoms with Crippen molar-refractivity contribution in [1.82, 2.24) is 0 Å². The van der Waals surface area contributed by atoms with Gasteiger partial charge >= 0.3 is 11.9 Å². The van der Waals surface area contributed by atoms with Crippen molar-refractivity contribution in [2.75, 3.05) is 6.61 Å². The van der Waals surface area contributed by atoms with E-state index in [1.165, 1.54) is 6.07 Å². The van der Waals surface area contributed by atoms with Gasteiger partial charge in [-0.2, -0.15) is 0 Å². The second-order valence-electron chi connectivity index (χ2n) is 7.77. The number of halogens is 1. The van der Waals surface area contributed by atoms with E-state index in [0.29, 0.717) is 23.1 Å². The summed E-state index contributed by atoms with van der Waals surface area (Å²) in [6.07, 6.45) is 0.566. The molecule has 1 unspecified atom stereocenters. The van der Waals surface area contributed by atoms with Crippen LogP contribution in [-0.2, 0) is 25.5 Å². The fourth-order valence-electron chi connectivity index (χ4n) is 2.75. The van der Waals surface area contributed by atoms with Gasteiger partial charge in [-0.15, -0.1) is 0 Å². The predicted octanol–water partition coefficient (Wildman–Crippen LogP) is 3.38. The summed E-state index contributed by atoms with van der Waals surface area (Å²) in [4.78, 5) is 24.0. The normalized spacial score (nSPS) is 15.0. The number of esters is 2. The fourth-order valence-corrected chi connectivity index (χ4v) is 2.90. The Hall–Kier alpha value is -1.39. The molecule has 8 heteroatoms. The van der Waals surface area contributed by atoms with Crippen LogP contribution in [0.2, 0.25) is 0 Å². The Labute approximate surface area is 171 Å². The summed E-state index contributed by atoms with van der Waals surface area (Å²) in [5.41, 5.74) is -1.27. The van der Waals surface area contributed by atoms with Crippen molar-refractivity contribution in [1.29, 1.82) is 0 Å². The van der Waals surface area contributed by atoms with Crippen LogP contribution in [0, 0.1) is 0 Å². The third kappa shape index (κ3) is 4.55. The maximum Gasteiger partial charge on any atom is 0.349 e. The summed E-state index contributed by atoms with van der Waals surface area (Å²) in [5, 5.41) is 20.9. The van der Waals surface area contributed by atoms with Gasteiger partial charge in [0.25, 0.3) is 0 Å². The lowest BCUT2D eigenvalue weighted by Gasteiger charge is -2.25. The molecule has 0 aliphatic carbocycles. The third-order valence-corrected chi connectivity index (χ3v) is 5.48. The quantitative estimate of drug-likeness (QED) is 0.264. The molecule has 0 spiro atoms. The number of ether oxygens (including phenoxy) is 2. The second kappa shape index (κ2) is 7.21. The summed E-state index contributed by atoms with van der Waals surface area (Å²) < 4.78 is 15.2. The van der Waals surface area contributed by atoms with Gasteiger partial charge in [-0.3, -0.25) is 4.79 Å². The predicted molar refractivity (Wildman–Crippen MR) is 107 cm³/mol. The molecule has 150 valence electrons. The van der Waals surface area contributed by atoms with E-state index in [4.69, 9.17) is 13.9 Å². The molecule has 2 aromatic rings. The van der Waals surface area contributed by atoms with E-state index in [2.05, 4.69) is 0 Å². The first-order valence-corrected chi connectivity index (χ1v) is 9.67. The molecule has 2 heterocycles. The van der Waals surface area contributed by atoms with Crippen LogP contribution in [0.5, 0.6) is 5.75 Å². The van der Waals surface area contributed by atoms with E-state index in [1.54, 1.807) is 34.6 Å². The first-order chi connectivity index (χ1) is 12.2. The Morgan fingerprint density at radius 1 is 1.11 bits per heavy atom. The van der Waals surface area contributed by atoms with Gasteiger partial charge in [-0.1, -0.05) is 29.5 Å². The van der Waals surface area contributed by atoms with Gasteiger partial charge in [-0.05, 0) is 41.0 Å². The van der Waals surface area contributed by atoms with Crippen molar-refractivity contribution < 1.29 is 33.7 Å². The van der Waals surface area contributed by atoms with Gasteiger partial charge in [-0.25, -0.2) is 4.79 Å². The van der Waals surface area contributed by atoms with E-state index < -0.39 is 33.2 Å². The molecule has 7 nitrogen and oxygen atoms in total. The monoisotopic (exact) mass is 492 g/mol. The minimum Gasteiger partial charge on any atom is -0.453 e. The lowest BCUT2D eigenvalue weighted by Crippen LogP contribution is -2.32. The Kier molecular flexibility index (Phi) is 5.85. The number of alkyl halides is 1. The largest absolute Gasteiger partial charge is 0.453 e. The summed E-state index contributed by atoms with van der Waals surface area (Å²) >= 11 is 1.98. The Morgan fingerprint density at radius 3 is 2.15 bits per heavy atom. The van der Waals surface area contributed by atoms with Crippen LogP contribution in [0.15, 0.2) is 10.5 Å². The highest BCUT2D eigenvalue weighted by Crippen LogP contribution is 2.46. The highest BCUT2D eigenvalue weighted by atomic mass is 127.